The lowest BCUT2D eigenvalue weighted by Gasteiger charge is -2.06. The lowest BCUT2D eigenvalue weighted by molar-refractivity contribution is 0.0952. The minimum atomic E-state index is -0.0844. The molecule has 21 heavy (non-hydrogen) atoms. The van der Waals surface area contributed by atoms with Crippen molar-refractivity contribution in [3.05, 3.63) is 60.8 Å². The van der Waals surface area contributed by atoms with Crippen LogP contribution in [0.1, 0.15) is 16.8 Å². The molecule has 3 rings (SSSR count). The van der Waals surface area contributed by atoms with Crippen LogP contribution < -0.4 is 5.32 Å². The van der Waals surface area contributed by atoms with Crippen molar-refractivity contribution < 1.29 is 4.79 Å². The van der Waals surface area contributed by atoms with Gasteiger partial charge in [0.05, 0.1) is 17.4 Å². The third kappa shape index (κ3) is 3.25. The monoisotopic (exact) mass is 280 g/mol. The molecule has 1 N–H and O–H groups in total. The van der Waals surface area contributed by atoms with Crippen molar-refractivity contribution in [2.45, 2.75) is 13.0 Å². The molecule has 0 saturated carbocycles. The van der Waals surface area contributed by atoms with Crippen LogP contribution in [0, 0.1) is 0 Å². The zero-order valence-corrected chi connectivity index (χ0v) is 11.6. The molecule has 0 aliphatic rings. The minimum Gasteiger partial charge on any atom is -0.352 e. The Balaban J connectivity index is 1.56. The number of pyridine rings is 1. The molecule has 0 saturated heterocycles. The minimum absolute atomic E-state index is 0.0844. The number of nitrogens with one attached hydrogen (secondary N) is 1. The van der Waals surface area contributed by atoms with Crippen LogP contribution in [0.2, 0.25) is 0 Å². The lowest BCUT2D eigenvalue weighted by atomic mass is 10.1. The van der Waals surface area contributed by atoms with Crippen LogP contribution >= 0.6 is 0 Å². The van der Waals surface area contributed by atoms with Crippen molar-refractivity contribution in [2.75, 3.05) is 6.54 Å². The van der Waals surface area contributed by atoms with E-state index < -0.39 is 0 Å². The highest BCUT2D eigenvalue weighted by molar-refractivity contribution is 5.97. The Morgan fingerprint density at radius 1 is 1.29 bits per heavy atom. The summed E-state index contributed by atoms with van der Waals surface area (Å²) in [7, 11) is 0. The molecular formula is C16H16N4O. The number of benzene rings is 1. The summed E-state index contributed by atoms with van der Waals surface area (Å²) >= 11 is 0. The first kappa shape index (κ1) is 13.3. The molecule has 1 amide bonds. The summed E-state index contributed by atoms with van der Waals surface area (Å²) in [6, 6.07) is 9.63. The summed E-state index contributed by atoms with van der Waals surface area (Å²) < 4.78 is 1.99. The molecule has 2 heterocycles. The number of aromatic nitrogens is 3. The summed E-state index contributed by atoms with van der Waals surface area (Å²) in [5.41, 5.74) is 1.49. The predicted octanol–water partition coefficient (Wildman–Crippen LogP) is 2.25. The molecule has 0 atom stereocenters. The second-order valence-electron chi connectivity index (χ2n) is 4.83. The van der Waals surface area contributed by atoms with Crippen molar-refractivity contribution in [1.82, 2.24) is 19.9 Å². The first-order valence-corrected chi connectivity index (χ1v) is 6.92. The van der Waals surface area contributed by atoms with Gasteiger partial charge in [-0.2, -0.15) is 0 Å². The standard InChI is InChI=1S/C16H16N4O/c21-16(18-6-3-8-20-9-7-17-12-20)14-10-13-4-1-2-5-15(13)19-11-14/h1-2,4-5,7,9-12H,3,6,8H2,(H,18,21). The van der Waals surface area contributed by atoms with Gasteiger partial charge < -0.3 is 9.88 Å². The van der Waals surface area contributed by atoms with E-state index >= 15 is 0 Å². The Labute approximate surface area is 122 Å². The van der Waals surface area contributed by atoms with Gasteiger partial charge in [-0.15, -0.1) is 0 Å². The van der Waals surface area contributed by atoms with Gasteiger partial charge in [-0.05, 0) is 18.6 Å². The second-order valence-corrected chi connectivity index (χ2v) is 4.83. The maximum atomic E-state index is 12.1. The number of carbonyl (C=O) groups is 1. The maximum Gasteiger partial charge on any atom is 0.252 e. The quantitative estimate of drug-likeness (QED) is 0.729. The maximum absolute atomic E-state index is 12.1. The van der Waals surface area contributed by atoms with Crippen LogP contribution in [0.25, 0.3) is 10.9 Å². The molecule has 5 heteroatoms. The highest BCUT2D eigenvalue weighted by atomic mass is 16.1. The number of imidazole rings is 1. The third-order valence-corrected chi connectivity index (χ3v) is 3.29. The van der Waals surface area contributed by atoms with Gasteiger partial charge in [0.15, 0.2) is 0 Å². The van der Waals surface area contributed by atoms with Gasteiger partial charge in [0.1, 0.15) is 0 Å². The van der Waals surface area contributed by atoms with Crippen molar-refractivity contribution >= 4 is 16.8 Å². The normalized spacial score (nSPS) is 10.7. The zero-order valence-electron chi connectivity index (χ0n) is 11.6. The van der Waals surface area contributed by atoms with Crippen LogP contribution in [0.3, 0.4) is 0 Å². The van der Waals surface area contributed by atoms with Gasteiger partial charge >= 0.3 is 0 Å². The van der Waals surface area contributed by atoms with E-state index in [1.54, 1.807) is 18.7 Å². The van der Waals surface area contributed by atoms with E-state index in [1.165, 1.54) is 0 Å². The number of hydrogen-bond donors (Lipinski definition) is 1. The molecule has 5 nitrogen and oxygen atoms in total. The van der Waals surface area contributed by atoms with Crippen LogP contribution in [0.4, 0.5) is 0 Å². The molecule has 0 spiro atoms. The second kappa shape index (κ2) is 6.17. The van der Waals surface area contributed by atoms with Crippen molar-refractivity contribution in [1.29, 1.82) is 0 Å². The fraction of sp³-hybridized carbons (Fsp3) is 0.188. The average Bonchev–Trinajstić information content (AvgIpc) is 3.04. The first-order valence-electron chi connectivity index (χ1n) is 6.92. The molecule has 0 unspecified atom stereocenters. The summed E-state index contributed by atoms with van der Waals surface area (Å²) in [5, 5.41) is 3.89. The number of fused-ring (bicyclic) bond motifs is 1. The van der Waals surface area contributed by atoms with E-state index in [-0.39, 0.29) is 5.91 Å². The van der Waals surface area contributed by atoms with Gasteiger partial charge in [0, 0.05) is 37.1 Å². The van der Waals surface area contributed by atoms with Gasteiger partial charge in [-0.25, -0.2) is 4.98 Å². The Kier molecular flexibility index (Phi) is 3.91. The number of amides is 1. The number of carbonyl (C=O) groups excluding carboxylic acids is 1. The van der Waals surface area contributed by atoms with Gasteiger partial charge in [-0.1, -0.05) is 18.2 Å². The Hall–Kier alpha value is -2.69. The summed E-state index contributed by atoms with van der Waals surface area (Å²) in [5.74, 6) is -0.0844. The fourth-order valence-electron chi connectivity index (χ4n) is 2.18. The van der Waals surface area contributed by atoms with Crippen molar-refractivity contribution in [3.63, 3.8) is 0 Å². The molecule has 1 aromatic carbocycles. The molecule has 3 aromatic rings. The van der Waals surface area contributed by atoms with Gasteiger partial charge in [0.25, 0.3) is 5.91 Å². The molecule has 0 aliphatic heterocycles. The predicted molar refractivity (Wildman–Crippen MR) is 80.9 cm³/mol. The molecule has 0 bridgehead atoms. The topological polar surface area (TPSA) is 59.8 Å². The van der Waals surface area contributed by atoms with E-state index in [4.69, 9.17) is 0 Å². The van der Waals surface area contributed by atoms with Gasteiger partial charge in [0.2, 0.25) is 0 Å². The molecule has 106 valence electrons. The highest BCUT2D eigenvalue weighted by Crippen LogP contribution is 2.12. The summed E-state index contributed by atoms with van der Waals surface area (Å²) in [4.78, 5) is 20.4. The number of rotatable bonds is 5. The highest BCUT2D eigenvalue weighted by Gasteiger charge is 2.06. The summed E-state index contributed by atoms with van der Waals surface area (Å²) in [6.45, 7) is 1.47. The van der Waals surface area contributed by atoms with Crippen molar-refractivity contribution in [2.24, 2.45) is 0 Å². The Morgan fingerprint density at radius 3 is 3.05 bits per heavy atom. The van der Waals surface area contributed by atoms with E-state index in [2.05, 4.69) is 15.3 Å². The molecule has 0 fully saturated rings. The average molecular weight is 280 g/mol. The molecule has 0 radical (unpaired) electrons. The number of aryl methyl sites for hydroxylation is 1. The van der Waals surface area contributed by atoms with Crippen LogP contribution in [-0.4, -0.2) is 27.0 Å². The van der Waals surface area contributed by atoms with Crippen LogP contribution in [0.15, 0.2) is 55.2 Å². The third-order valence-electron chi connectivity index (χ3n) is 3.29. The van der Waals surface area contributed by atoms with Crippen molar-refractivity contribution in [3.8, 4) is 0 Å². The molecule has 0 aliphatic carbocycles. The summed E-state index contributed by atoms with van der Waals surface area (Å²) in [6.07, 6.45) is 7.92. The lowest BCUT2D eigenvalue weighted by Crippen LogP contribution is -2.25. The SMILES string of the molecule is O=C(NCCCn1ccnc1)c1cnc2ccccc2c1. The fourth-order valence-corrected chi connectivity index (χ4v) is 2.18. The molecular weight excluding hydrogens is 264 g/mol. The number of hydrogen-bond acceptors (Lipinski definition) is 3. The Bertz CT molecular complexity index is 737. The van der Waals surface area contributed by atoms with Crippen LogP contribution in [0.5, 0.6) is 0 Å². The van der Waals surface area contributed by atoms with E-state index in [9.17, 15) is 4.79 Å². The van der Waals surface area contributed by atoms with E-state index in [0.29, 0.717) is 12.1 Å². The number of nitrogens with zero attached hydrogens (tertiary/aromatic N) is 3. The zero-order chi connectivity index (χ0) is 14.5. The van der Waals surface area contributed by atoms with E-state index in [0.717, 1.165) is 23.9 Å². The molecule has 2 aromatic heterocycles. The number of para-hydroxylation sites is 1. The Morgan fingerprint density at radius 2 is 2.19 bits per heavy atom. The first-order chi connectivity index (χ1) is 10.3. The van der Waals surface area contributed by atoms with Gasteiger partial charge in [-0.3, -0.25) is 9.78 Å². The smallest absolute Gasteiger partial charge is 0.252 e. The van der Waals surface area contributed by atoms with E-state index in [1.807, 2.05) is 41.1 Å². The largest absolute Gasteiger partial charge is 0.352 e. The van der Waals surface area contributed by atoms with Crippen LogP contribution in [-0.2, 0) is 6.54 Å².